The maximum absolute atomic E-state index is 10.0. The molecule has 0 saturated carbocycles. The first-order valence-corrected chi connectivity index (χ1v) is 9.82. The number of phenolic OH excluding ortho intramolecular Hbond substituents is 1. The van der Waals surface area contributed by atoms with Crippen molar-refractivity contribution in [2.45, 2.75) is 39.8 Å². The molecule has 0 amide bonds. The number of methoxy groups -OCH3 is 2. The van der Waals surface area contributed by atoms with Gasteiger partial charge in [0.15, 0.2) is 17.5 Å². The summed E-state index contributed by atoms with van der Waals surface area (Å²) in [5.74, 6) is 1.50. The Balaban J connectivity index is 2.08. The van der Waals surface area contributed by atoms with Crippen LogP contribution in [-0.4, -0.2) is 37.9 Å². The van der Waals surface area contributed by atoms with Gasteiger partial charge in [-0.25, -0.2) is 4.99 Å². The predicted molar refractivity (Wildman–Crippen MR) is 111 cm³/mol. The van der Waals surface area contributed by atoms with Gasteiger partial charge in [-0.3, -0.25) is 0 Å². The van der Waals surface area contributed by atoms with Crippen molar-refractivity contribution in [2.75, 3.05) is 20.8 Å². The molecule has 0 aliphatic heterocycles. The average Bonchev–Trinajstić information content (AvgIpc) is 3.05. The van der Waals surface area contributed by atoms with E-state index in [2.05, 4.69) is 41.6 Å². The molecule has 1 atom stereocenters. The monoisotopic (exact) mass is 391 g/mol. The summed E-state index contributed by atoms with van der Waals surface area (Å²) < 4.78 is 10.4. The predicted octanol–water partition coefficient (Wildman–Crippen LogP) is 3.47. The molecule has 0 aliphatic carbocycles. The van der Waals surface area contributed by atoms with Crippen LogP contribution in [-0.2, 0) is 13.0 Å². The SMILES string of the molecule is CCNC(=NCc1cc(OC)c(O)c(OC)c1)NC(C)Cc1ccc(C)s1. The van der Waals surface area contributed by atoms with E-state index >= 15 is 0 Å². The van der Waals surface area contributed by atoms with Crippen molar-refractivity contribution in [2.24, 2.45) is 4.99 Å². The number of nitrogens with one attached hydrogen (secondary N) is 2. The van der Waals surface area contributed by atoms with Gasteiger partial charge in [0.1, 0.15) is 0 Å². The molecule has 0 spiro atoms. The lowest BCUT2D eigenvalue weighted by molar-refractivity contribution is 0.339. The molecule has 1 aromatic heterocycles. The van der Waals surface area contributed by atoms with E-state index in [0.717, 1.165) is 24.5 Å². The molecule has 3 N–H and O–H groups in total. The lowest BCUT2D eigenvalue weighted by Gasteiger charge is -2.17. The van der Waals surface area contributed by atoms with E-state index in [4.69, 9.17) is 9.47 Å². The second-order valence-corrected chi connectivity index (χ2v) is 7.68. The Kier molecular flexibility index (Phi) is 7.79. The lowest BCUT2D eigenvalue weighted by atomic mass is 10.2. The maximum Gasteiger partial charge on any atom is 0.200 e. The third kappa shape index (κ3) is 6.06. The van der Waals surface area contributed by atoms with Crippen molar-refractivity contribution in [3.05, 3.63) is 39.6 Å². The molecule has 0 bridgehead atoms. The van der Waals surface area contributed by atoms with E-state index in [9.17, 15) is 5.11 Å². The van der Waals surface area contributed by atoms with Crippen LogP contribution in [0.5, 0.6) is 17.2 Å². The first-order chi connectivity index (χ1) is 13.0. The number of rotatable bonds is 8. The van der Waals surface area contributed by atoms with Gasteiger partial charge < -0.3 is 25.2 Å². The summed E-state index contributed by atoms with van der Waals surface area (Å²) in [5, 5.41) is 16.7. The van der Waals surface area contributed by atoms with Crippen molar-refractivity contribution in [3.63, 3.8) is 0 Å². The summed E-state index contributed by atoms with van der Waals surface area (Å²) in [6.45, 7) is 7.52. The largest absolute Gasteiger partial charge is 0.502 e. The minimum absolute atomic E-state index is 0.00220. The minimum atomic E-state index is -0.00220. The molecule has 1 heterocycles. The first-order valence-electron chi connectivity index (χ1n) is 9.00. The zero-order valence-electron chi connectivity index (χ0n) is 16.6. The molecule has 0 saturated heterocycles. The fourth-order valence-electron chi connectivity index (χ4n) is 2.71. The molecule has 148 valence electrons. The molecular formula is C20H29N3O3S. The van der Waals surface area contributed by atoms with E-state index in [-0.39, 0.29) is 11.8 Å². The number of ether oxygens (including phenoxy) is 2. The zero-order valence-corrected chi connectivity index (χ0v) is 17.4. The Bertz CT molecular complexity index is 749. The third-order valence-electron chi connectivity index (χ3n) is 3.99. The minimum Gasteiger partial charge on any atom is -0.502 e. The molecule has 1 unspecified atom stereocenters. The van der Waals surface area contributed by atoms with Crippen molar-refractivity contribution in [1.82, 2.24) is 10.6 Å². The second-order valence-electron chi connectivity index (χ2n) is 6.31. The number of phenols is 1. The van der Waals surface area contributed by atoms with E-state index in [0.29, 0.717) is 18.0 Å². The highest BCUT2D eigenvalue weighted by Crippen LogP contribution is 2.37. The highest BCUT2D eigenvalue weighted by Gasteiger charge is 2.12. The molecule has 0 aliphatic rings. The first kappa shape index (κ1) is 20.9. The van der Waals surface area contributed by atoms with Gasteiger partial charge in [-0.2, -0.15) is 0 Å². The van der Waals surface area contributed by atoms with E-state index in [1.165, 1.54) is 24.0 Å². The van der Waals surface area contributed by atoms with Crippen LogP contribution < -0.4 is 20.1 Å². The second kappa shape index (κ2) is 10.1. The van der Waals surface area contributed by atoms with Crippen molar-refractivity contribution < 1.29 is 14.6 Å². The van der Waals surface area contributed by atoms with Crippen molar-refractivity contribution in [3.8, 4) is 17.2 Å². The fourth-order valence-corrected chi connectivity index (χ4v) is 3.73. The van der Waals surface area contributed by atoms with E-state index in [1.807, 2.05) is 18.3 Å². The number of aliphatic imine (C=N–C) groups is 1. The number of aromatic hydroxyl groups is 1. The van der Waals surface area contributed by atoms with Gasteiger partial charge in [0.05, 0.1) is 20.8 Å². The number of guanidine groups is 1. The van der Waals surface area contributed by atoms with Crippen LogP contribution in [0.4, 0.5) is 0 Å². The molecule has 6 nitrogen and oxygen atoms in total. The number of thiophene rings is 1. The average molecular weight is 392 g/mol. The number of hydrogen-bond donors (Lipinski definition) is 3. The Morgan fingerprint density at radius 1 is 1.22 bits per heavy atom. The van der Waals surface area contributed by atoms with E-state index < -0.39 is 0 Å². The smallest absolute Gasteiger partial charge is 0.200 e. The maximum atomic E-state index is 10.0. The highest BCUT2D eigenvalue weighted by molar-refractivity contribution is 7.11. The molecule has 1 aromatic carbocycles. The van der Waals surface area contributed by atoms with Crippen LogP contribution in [0.1, 0.15) is 29.2 Å². The third-order valence-corrected chi connectivity index (χ3v) is 5.01. The summed E-state index contributed by atoms with van der Waals surface area (Å²) in [4.78, 5) is 7.34. The molecule has 7 heteroatoms. The Morgan fingerprint density at radius 2 is 1.89 bits per heavy atom. The number of nitrogens with zero attached hydrogens (tertiary/aromatic N) is 1. The van der Waals surface area contributed by atoms with Crippen molar-refractivity contribution in [1.29, 1.82) is 0 Å². The van der Waals surface area contributed by atoms with Gasteiger partial charge >= 0.3 is 0 Å². The fraction of sp³-hybridized carbons (Fsp3) is 0.450. The van der Waals surface area contributed by atoms with Gasteiger partial charge in [-0.15, -0.1) is 11.3 Å². The van der Waals surface area contributed by atoms with Crippen LogP contribution in [0.2, 0.25) is 0 Å². The Hall–Kier alpha value is -2.41. The summed E-state index contributed by atoms with van der Waals surface area (Å²) >= 11 is 1.82. The van der Waals surface area contributed by atoms with Crippen LogP contribution in [0.25, 0.3) is 0 Å². The van der Waals surface area contributed by atoms with E-state index in [1.54, 1.807) is 12.1 Å². The van der Waals surface area contributed by atoms with Gasteiger partial charge in [-0.1, -0.05) is 0 Å². The summed E-state index contributed by atoms with van der Waals surface area (Å²) in [6.07, 6.45) is 0.948. The molecule has 27 heavy (non-hydrogen) atoms. The normalized spacial score (nSPS) is 12.6. The van der Waals surface area contributed by atoms with Crippen LogP contribution in [0.15, 0.2) is 29.3 Å². The summed E-state index contributed by atoms with van der Waals surface area (Å²) in [5.41, 5.74) is 0.889. The van der Waals surface area contributed by atoms with Gasteiger partial charge in [0, 0.05) is 28.8 Å². The number of aryl methyl sites for hydroxylation is 1. The molecule has 2 aromatic rings. The molecule has 0 fully saturated rings. The molecule has 0 radical (unpaired) electrons. The topological polar surface area (TPSA) is 75.1 Å². The summed E-state index contributed by atoms with van der Waals surface area (Å²) in [6, 6.07) is 8.12. The van der Waals surface area contributed by atoms with Gasteiger partial charge in [0.25, 0.3) is 0 Å². The van der Waals surface area contributed by atoms with Gasteiger partial charge in [-0.05, 0) is 50.6 Å². The standard InChI is InChI=1S/C20H29N3O3S/c1-6-21-20(23-13(2)9-16-8-7-14(3)27-16)22-12-15-10-17(25-4)19(24)18(11-15)26-5/h7-8,10-11,13,24H,6,9,12H2,1-5H3,(H2,21,22,23). The van der Waals surface area contributed by atoms with Crippen molar-refractivity contribution >= 4 is 17.3 Å². The number of hydrogen-bond acceptors (Lipinski definition) is 5. The Labute approximate surface area is 165 Å². The molecular weight excluding hydrogens is 362 g/mol. The van der Waals surface area contributed by atoms with Crippen LogP contribution in [0.3, 0.4) is 0 Å². The molecule has 2 rings (SSSR count). The van der Waals surface area contributed by atoms with Crippen LogP contribution in [0, 0.1) is 6.92 Å². The zero-order chi connectivity index (χ0) is 19.8. The number of benzene rings is 1. The highest BCUT2D eigenvalue weighted by atomic mass is 32.1. The summed E-state index contributed by atoms with van der Waals surface area (Å²) in [7, 11) is 3.03. The van der Waals surface area contributed by atoms with Crippen LogP contribution >= 0.6 is 11.3 Å². The Morgan fingerprint density at radius 3 is 2.41 bits per heavy atom. The lowest BCUT2D eigenvalue weighted by Crippen LogP contribution is -2.43. The van der Waals surface area contributed by atoms with Gasteiger partial charge in [0.2, 0.25) is 5.75 Å². The quantitative estimate of drug-likeness (QED) is 0.475.